The molecular weight excluding hydrogens is 222 g/mol. The number of likely N-dealkylation sites (N-methyl/N-ethyl adjacent to an activating group) is 1. The molecule has 0 amide bonds. The third-order valence-corrected chi connectivity index (χ3v) is 3.68. The van der Waals surface area contributed by atoms with Crippen LogP contribution in [0.4, 0.5) is 5.69 Å². The van der Waals surface area contributed by atoms with Crippen LogP contribution in [0.2, 0.25) is 0 Å². The first-order valence-corrected chi connectivity index (χ1v) is 6.70. The standard InChI is InChI=1S/C15H21N3/c1-3-14-12-17(2)8-5-9-18(14)15-7-4-6-13(10-15)11-16/h4,6-7,10,14H,3,5,8-9,12H2,1-2H3. The van der Waals surface area contributed by atoms with E-state index < -0.39 is 0 Å². The van der Waals surface area contributed by atoms with Crippen LogP contribution in [-0.4, -0.2) is 37.6 Å². The van der Waals surface area contributed by atoms with Crippen molar-refractivity contribution in [2.45, 2.75) is 25.8 Å². The monoisotopic (exact) mass is 243 g/mol. The SMILES string of the molecule is CCC1CN(C)CCCN1c1cccc(C#N)c1. The van der Waals surface area contributed by atoms with Crippen molar-refractivity contribution >= 4 is 5.69 Å². The molecule has 1 aromatic carbocycles. The Labute approximate surface area is 110 Å². The van der Waals surface area contributed by atoms with Crippen LogP contribution in [0.1, 0.15) is 25.3 Å². The summed E-state index contributed by atoms with van der Waals surface area (Å²) in [6.45, 7) is 5.58. The summed E-state index contributed by atoms with van der Waals surface area (Å²) in [5, 5.41) is 9.00. The smallest absolute Gasteiger partial charge is 0.0992 e. The van der Waals surface area contributed by atoms with Gasteiger partial charge in [-0.05, 0) is 44.6 Å². The molecule has 0 aliphatic carbocycles. The largest absolute Gasteiger partial charge is 0.367 e. The van der Waals surface area contributed by atoms with Gasteiger partial charge in [-0.25, -0.2) is 0 Å². The van der Waals surface area contributed by atoms with Crippen molar-refractivity contribution in [1.29, 1.82) is 5.26 Å². The summed E-state index contributed by atoms with van der Waals surface area (Å²) in [7, 11) is 2.19. The van der Waals surface area contributed by atoms with Crippen molar-refractivity contribution in [3.8, 4) is 6.07 Å². The zero-order chi connectivity index (χ0) is 13.0. The van der Waals surface area contributed by atoms with E-state index >= 15 is 0 Å². The molecule has 1 atom stereocenters. The second-order valence-electron chi connectivity index (χ2n) is 5.03. The molecule has 0 spiro atoms. The van der Waals surface area contributed by atoms with E-state index in [1.54, 1.807) is 0 Å². The number of anilines is 1. The van der Waals surface area contributed by atoms with Gasteiger partial charge >= 0.3 is 0 Å². The molecule has 0 radical (unpaired) electrons. The molecule has 1 aromatic rings. The Hall–Kier alpha value is -1.53. The maximum atomic E-state index is 9.00. The van der Waals surface area contributed by atoms with Crippen molar-refractivity contribution < 1.29 is 0 Å². The average Bonchev–Trinajstić information content (AvgIpc) is 2.60. The van der Waals surface area contributed by atoms with Gasteiger partial charge in [0.05, 0.1) is 11.6 Å². The van der Waals surface area contributed by atoms with Gasteiger partial charge in [0, 0.05) is 24.8 Å². The zero-order valence-corrected chi connectivity index (χ0v) is 11.3. The molecule has 0 saturated carbocycles. The van der Waals surface area contributed by atoms with Gasteiger partial charge in [-0.1, -0.05) is 13.0 Å². The Morgan fingerprint density at radius 1 is 1.39 bits per heavy atom. The molecular formula is C15H21N3. The van der Waals surface area contributed by atoms with Gasteiger partial charge in [0.1, 0.15) is 0 Å². The minimum Gasteiger partial charge on any atom is -0.367 e. The fourth-order valence-electron chi connectivity index (χ4n) is 2.69. The van der Waals surface area contributed by atoms with E-state index in [-0.39, 0.29) is 0 Å². The Kier molecular flexibility index (Phi) is 4.22. The molecule has 96 valence electrons. The molecule has 0 N–H and O–H groups in total. The fourth-order valence-corrected chi connectivity index (χ4v) is 2.69. The third-order valence-electron chi connectivity index (χ3n) is 3.68. The molecule has 1 fully saturated rings. The lowest BCUT2D eigenvalue weighted by Crippen LogP contribution is -2.39. The highest BCUT2D eigenvalue weighted by molar-refractivity contribution is 5.52. The zero-order valence-electron chi connectivity index (χ0n) is 11.3. The lowest BCUT2D eigenvalue weighted by molar-refractivity contribution is 0.328. The summed E-state index contributed by atoms with van der Waals surface area (Å²) in [6, 6.07) is 10.8. The van der Waals surface area contributed by atoms with Gasteiger partial charge in [0.25, 0.3) is 0 Å². The minimum atomic E-state index is 0.548. The number of rotatable bonds is 2. The molecule has 1 saturated heterocycles. The van der Waals surface area contributed by atoms with Gasteiger partial charge in [-0.3, -0.25) is 0 Å². The van der Waals surface area contributed by atoms with Gasteiger partial charge < -0.3 is 9.80 Å². The van der Waals surface area contributed by atoms with Crippen LogP contribution in [0, 0.1) is 11.3 Å². The van der Waals surface area contributed by atoms with E-state index in [9.17, 15) is 0 Å². The second kappa shape index (κ2) is 5.88. The Morgan fingerprint density at radius 3 is 2.94 bits per heavy atom. The molecule has 3 nitrogen and oxygen atoms in total. The molecule has 1 heterocycles. The van der Waals surface area contributed by atoms with E-state index in [1.807, 2.05) is 18.2 Å². The van der Waals surface area contributed by atoms with Crippen LogP contribution in [0.15, 0.2) is 24.3 Å². The maximum Gasteiger partial charge on any atom is 0.0992 e. The lowest BCUT2D eigenvalue weighted by Gasteiger charge is -2.32. The van der Waals surface area contributed by atoms with Crippen LogP contribution in [-0.2, 0) is 0 Å². The molecule has 3 heteroatoms. The average molecular weight is 243 g/mol. The topological polar surface area (TPSA) is 30.3 Å². The molecule has 1 aliphatic rings. The van der Waals surface area contributed by atoms with E-state index in [0.717, 1.165) is 31.6 Å². The van der Waals surface area contributed by atoms with Gasteiger partial charge in [-0.15, -0.1) is 0 Å². The van der Waals surface area contributed by atoms with E-state index in [0.29, 0.717) is 6.04 Å². The Bertz CT molecular complexity index is 436. The second-order valence-corrected chi connectivity index (χ2v) is 5.03. The predicted molar refractivity (Wildman–Crippen MR) is 74.7 cm³/mol. The first-order chi connectivity index (χ1) is 8.74. The maximum absolute atomic E-state index is 9.00. The normalized spacial score (nSPS) is 21.4. The number of benzene rings is 1. The first-order valence-electron chi connectivity index (χ1n) is 6.70. The van der Waals surface area contributed by atoms with Crippen molar-refractivity contribution in [1.82, 2.24) is 4.90 Å². The molecule has 1 aliphatic heterocycles. The highest BCUT2D eigenvalue weighted by Crippen LogP contribution is 2.22. The molecule has 0 aromatic heterocycles. The highest BCUT2D eigenvalue weighted by Gasteiger charge is 2.22. The summed E-state index contributed by atoms with van der Waals surface area (Å²) in [5.41, 5.74) is 1.94. The van der Waals surface area contributed by atoms with Crippen LogP contribution < -0.4 is 4.90 Å². The van der Waals surface area contributed by atoms with Crippen molar-refractivity contribution in [2.24, 2.45) is 0 Å². The van der Waals surface area contributed by atoms with Crippen molar-refractivity contribution in [3.05, 3.63) is 29.8 Å². The Balaban J connectivity index is 2.25. The van der Waals surface area contributed by atoms with Gasteiger partial charge in [-0.2, -0.15) is 5.26 Å². The predicted octanol–water partition coefficient (Wildman–Crippen LogP) is 2.48. The summed E-state index contributed by atoms with van der Waals surface area (Å²) in [4.78, 5) is 4.87. The first kappa shape index (κ1) is 12.9. The molecule has 0 bridgehead atoms. The van der Waals surface area contributed by atoms with E-state index in [1.165, 1.54) is 12.1 Å². The number of hydrogen-bond donors (Lipinski definition) is 0. The summed E-state index contributed by atoms with van der Waals surface area (Å²) >= 11 is 0. The Morgan fingerprint density at radius 2 is 2.22 bits per heavy atom. The third kappa shape index (κ3) is 2.83. The summed E-state index contributed by atoms with van der Waals surface area (Å²) in [5.74, 6) is 0. The van der Waals surface area contributed by atoms with Crippen molar-refractivity contribution in [3.63, 3.8) is 0 Å². The lowest BCUT2D eigenvalue weighted by atomic mass is 10.1. The number of hydrogen-bond acceptors (Lipinski definition) is 3. The van der Waals surface area contributed by atoms with E-state index in [2.05, 4.69) is 35.9 Å². The fraction of sp³-hybridized carbons (Fsp3) is 0.533. The van der Waals surface area contributed by atoms with Crippen LogP contribution >= 0.6 is 0 Å². The molecule has 2 rings (SSSR count). The number of nitriles is 1. The minimum absolute atomic E-state index is 0.548. The van der Waals surface area contributed by atoms with E-state index in [4.69, 9.17) is 5.26 Å². The summed E-state index contributed by atoms with van der Waals surface area (Å²) in [6.07, 6.45) is 2.32. The summed E-state index contributed by atoms with van der Waals surface area (Å²) < 4.78 is 0. The molecule has 1 unspecified atom stereocenters. The van der Waals surface area contributed by atoms with Gasteiger partial charge in [0.15, 0.2) is 0 Å². The molecule has 18 heavy (non-hydrogen) atoms. The van der Waals surface area contributed by atoms with Crippen LogP contribution in [0.5, 0.6) is 0 Å². The van der Waals surface area contributed by atoms with Crippen LogP contribution in [0.25, 0.3) is 0 Å². The van der Waals surface area contributed by atoms with Crippen LogP contribution in [0.3, 0.4) is 0 Å². The quantitative estimate of drug-likeness (QED) is 0.799. The van der Waals surface area contributed by atoms with Gasteiger partial charge in [0.2, 0.25) is 0 Å². The van der Waals surface area contributed by atoms with Crippen molar-refractivity contribution in [2.75, 3.05) is 31.6 Å². The number of nitrogens with zero attached hydrogens (tertiary/aromatic N) is 3. The highest BCUT2D eigenvalue weighted by atomic mass is 15.2.